The third-order valence-corrected chi connectivity index (χ3v) is 4.50. The Labute approximate surface area is 109 Å². The monoisotopic (exact) mass is 255 g/mol. The van der Waals surface area contributed by atoms with Gasteiger partial charge in [0.1, 0.15) is 0 Å². The molecule has 3 unspecified atom stereocenters. The fourth-order valence-electron chi connectivity index (χ4n) is 3.22. The van der Waals surface area contributed by atoms with Crippen molar-refractivity contribution in [2.45, 2.75) is 68.7 Å². The first kappa shape index (κ1) is 12.9. The molecule has 0 aromatic carbocycles. The van der Waals surface area contributed by atoms with Gasteiger partial charge in [0.2, 0.25) is 0 Å². The Hall–Kier alpha value is -0.160. The maximum atomic E-state index is 9.65. The predicted octanol–water partition coefficient (Wildman–Crippen LogP) is 1.22. The van der Waals surface area contributed by atoms with Crippen LogP contribution in [0, 0.1) is 0 Å². The Kier molecular flexibility index (Phi) is 3.89. The van der Waals surface area contributed by atoms with Gasteiger partial charge in [-0.05, 0) is 44.9 Å². The quantitative estimate of drug-likeness (QED) is 0.749. The standard InChI is InChI=1S/C14H25NO3/c16-10-14(15-11-3-4-11)6-5-12(8-14)18-9-13-2-1-7-17-13/h11-13,15-16H,1-10H2. The number of aliphatic hydroxyl groups is 1. The third kappa shape index (κ3) is 3.05. The SMILES string of the molecule is OCC1(NC2CC2)CCC(OCC2CCCO2)C1. The number of ether oxygens (including phenoxy) is 2. The van der Waals surface area contributed by atoms with E-state index in [1.807, 2.05) is 0 Å². The molecule has 1 aliphatic heterocycles. The smallest absolute Gasteiger partial charge is 0.0809 e. The van der Waals surface area contributed by atoms with E-state index in [0.717, 1.165) is 38.9 Å². The van der Waals surface area contributed by atoms with Gasteiger partial charge in [0.15, 0.2) is 0 Å². The minimum Gasteiger partial charge on any atom is -0.394 e. The van der Waals surface area contributed by atoms with Crippen molar-refractivity contribution in [1.82, 2.24) is 5.32 Å². The van der Waals surface area contributed by atoms with Gasteiger partial charge in [0.25, 0.3) is 0 Å². The Morgan fingerprint density at radius 2 is 2.17 bits per heavy atom. The third-order valence-electron chi connectivity index (χ3n) is 4.50. The molecule has 2 N–H and O–H groups in total. The summed E-state index contributed by atoms with van der Waals surface area (Å²) in [6, 6.07) is 0.647. The summed E-state index contributed by atoms with van der Waals surface area (Å²) in [5.74, 6) is 0. The highest BCUT2D eigenvalue weighted by Crippen LogP contribution is 2.35. The molecule has 0 amide bonds. The number of rotatable bonds is 6. The van der Waals surface area contributed by atoms with E-state index in [0.29, 0.717) is 18.2 Å². The molecule has 3 rings (SSSR count). The van der Waals surface area contributed by atoms with Crippen LogP contribution in [0.15, 0.2) is 0 Å². The normalized spacial score (nSPS) is 40.5. The molecule has 0 aromatic heterocycles. The van der Waals surface area contributed by atoms with Crippen LogP contribution in [0.1, 0.15) is 44.9 Å². The lowest BCUT2D eigenvalue weighted by molar-refractivity contribution is -0.0215. The highest BCUT2D eigenvalue weighted by atomic mass is 16.5. The number of hydrogen-bond acceptors (Lipinski definition) is 4. The van der Waals surface area contributed by atoms with E-state index in [1.54, 1.807) is 0 Å². The zero-order valence-corrected chi connectivity index (χ0v) is 11.1. The summed E-state index contributed by atoms with van der Waals surface area (Å²) in [6.45, 7) is 1.86. The largest absolute Gasteiger partial charge is 0.394 e. The molecule has 0 bridgehead atoms. The maximum absolute atomic E-state index is 9.65. The van der Waals surface area contributed by atoms with E-state index in [4.69, 9.17) is 9.47 Å². The van der Waals surface area contributed by atoms with Crippen LogP contribution in [0.4, 0.5) is 0 Å². The van der Waals surface area contributed by atoms with Crippen molar-refractivity contribution in [3.63, 3.8) is 0 Å². The summed E-state index contributed by atoms with van der Waals surface area (Å²) in [5, 5.41) is 13.3. The molecule has 2 aliphatic carbocycles. The lowest BCUT2D eigenvalue weighted by Crippen LogP contribution is -2.48. The first-order chi connectivity index (χ1) is 8.80. The fourth-order valence-corrected chi connectivity index (χ4v) is 3.22. The Morgan fingerprint density at radius 3 is 2.83 bits per heavy atom. The molecule has 2 saturated carbocycles. The highest BCUT2D eigenvalue weighted by Gasteiger charge is 2.42. The minimum atomic E-state index is -0.0671. The molecule has 1 saturated heterocycles. The van der Waals surface area contributed by atoms with Crippen molar-refractivity contribution >= 4 is 0 Å². The Bertz CT molecular complexity index is 276. The first-order valence-electron chi connectivity index (χ1n) is 7.41. The number of aliphatic hydroxyl groups excluding tert-OH is 1. The lowest BCUT2D eigenvalue weighted by Gasteiger charge is -2.28. The van der Waals surface area contributed by atoms with Crippen molar-refractivity contribution in [3.05, 3.63) is 0 Å². The minimum absolute atomic E-state index is 0.0671. The van der Waals surface area contributed by atoms with Crippen LogP contribution in [-0.4, -0.2) is 48.7 Å². The average molecular weight is 255 g/mol. The number of hydrogen-bond donors (Lipinski definition) is 2. The molecule has 0 aromatic rings. The summed E-state index contributed by atoms with van der Waals surface area (Å²) in [6.07, 6.45) is 8.50. The molecule has 3 aliphatic rings. The molecule has 0 spiro atoms. The second-order valence-electron chi connectivity index (χ2n) is 6.19. The second-order valence-corrected chi connectivity index (χ2v) is 6.19. The molecule has 18 heavy (non-hydrogen) atoms. The molecular formula is C14H25NO3. The van der Waals surface area contributed by atoms with Gasteiger partial charge in [-0.2, -0.15) is 0 Å². The molecule has 4 nitrogen and oxygen atoms in total. The Morgan fingerprint density at radius 1 is 1.28 bits per heavy atom. The van der Waals surface area contributed by atoms with Crippen LogP contribution in [0.5, 0.6) is 0 Å². The van der Waals surface area contributed by atoms with Crippen LogP contribution in [0.3, 0.4) is 0 Å². The zero-order valence-electron chi connectivity index (χ0n) is 11.1. The number of nitrogens with one attached hydrogen (secondary N) is 1. The first-order valence-corrected chi connectivity index (χ1v) is 7.41. The van der Waals surface area contributed by atoms with Gasteiger partial charge in [0.05, 0.1) is 25.4 Å². The van der Waals surface area contributed by atoms with Gasteiger partial charge >= 0.3 is 0 Å². The van der Waals surface area contributed by atoms with Crippen LogP contribution >= 0.6 is 0 Å². The second kappa shape index (κ2) is 5.45. The summed E-state index contributed by atoms with van der Waals surface area (Å²) in [7, 11) is 0. The molecule has 0 radical (unpaired) electrons. The molecule has 104 valence electrons. The topological polar surface area (TPSA) is 50.7 Å². The maximum Gasteiger partial charge on any atom is 0.0809 e. The van der Waals surface area contributed by atoms with Gasteiger partial charge in [-0.1, -0.05) is 0 Å². The van der Waals surface area contributed by atoms with E-state index in [1.165, 1.54) is 19.3 Å². The van der Waals surface area contributed by atoms with Gasteiger partial charge < -0.3 is 19.9 Å². The van der Waals surface area contributed by atoms with Crippen molar-refractivity contribution in [3.8, 4) is 0 Å². The van der Waals surface area contributed by atoms with Gasteiger partial charge in [-0.15, -0.1) is 0 Å². The highest BCUT2D eigenvalue weighted by molar-refractivity contribution is 5.01. The lowest BCUT2D eigenvalue weighted by atomic mass is 9.98. The van der Waals surface area contributed by atoms with Gasteiger partial charge in [0, 0.05) is 18.2 Å². The van der Waals surface area contributed by atoms with Gasteiger partial charge in [-0.25, -0.2) is 0 Å². The van der Waals surface area contributed by atoms with Crippen molar-refractivity contribution < 1.29 is 14.6 Å². The molecule has 3 fully saturated rings. The molecule has 3 atom stereocenters. The van der Waals surface area contributed by atoms with E-state index >= 15 is 0 Å². The van der Waals surface area contributed by atoms with E-state index in [9.17, 15) is 5.11 Å². The van der Waals surface area contributed by atoms with Crippen LogP contribution in [0.25, 0.3) is 0 Å². The summed E-state index contributed by atoms with van der Waals surface area (Å²) >= 11 is 0. The molecule has 1 heterocycles. The van der Waals surface area contributed by atoms with Crippen LogP contribution in [-0.2, 0) is 9.47 Å². The van der Waals surface area contributed by atoms with Crippen LogP contribution in [0.2, 0.25) is 0 Å². The zero-order chi connectivity index (χ0) is 12.4. The summed E-state index contributed by atoms with van der Waals surface area (Å²) in [4.78, 5) is 0. The molecular weight excluding hydrogens is 230 g/mol. The Balaban J connectivity index is 1.44. The van der Waals surface area contributed by atoms with Crippen molar-refractivity contribution in [2.75, 3.05) is 19.8 Å². The van der Waals surface area contributed by atoms with Crippen molar-refractivity contribution in [2.24, 2.45) is 0 Å². The summed E-state index contributed by atoms with van der Waals surface area (Å²) < 4.78 is 11.5. The van der Waals surface area contributed by atoms with E-state index in [2.05, 4.69) is 5.32 Å². The van der Waals surface area contributed by atoms with Gasteiger partial charge in [-0.3, -0.25) is 0 Å². The predicted molar refractivity (Wildman–Crippen MR) is 68.5 cm³/mol. The van der Waals surface area contributed by atoms with E-state index < -0.39 is 0 Å². The fraction of sp³-hybridized carbons (Fsp3) is 1.00. The van der Waals surface area contributed by atoms with E-state index in [-0.39, 0.29) is 12.1 Å². The average Bonchev–Trinajstić information content (AvgIpc) is 2.91. The van der Waals surface area contributed by atoms with Crippen molar-refractivity contribution in [1.29, 1.82) is 0 Å². The van der Waals surface area contributed by atoms with Crippen LogP contribution < -0.4 is 5.32 Å². The molecule has 4 heteroatoms. The summed E-state index contributed by atoms with van der Waals surface area (Å²) in [5.41, 5.74) is -0.0671.